The van der Waals surface area contributed by atoms with E-state index in [2.05, 4.69) is 14.8 Å². The summed E-state index contributed by atoms with van der Waals surface area (Å²) in [7, 11) is -2.54. The SMILES string of the molecule is CCCCC(NC(=O)CNS(=O)(=O)c1ccc(CCC)cc1)C(=O)OC. The van der Waals surface area contributed by atoms with Crippen molar-refractivity contribution >= 4 is 21.9 Å². The second-order valence-corrected chi connectivity index (χ2v) is 7.77. The maximum absolute atomic E-state index is 12.3. The molecular formula is C18H28N2O5S. The summed E-state index contributed by atoms with van der Waals surface area (Å²) >= 11 is 0. The third-order valence-electron chi connectivity index (χ3n) is 3.86. The van der Waals surface area contributed by atoms with Crippen molar-refractivity contribution < 1.29 is 22.7 Å². The van der Waals surface area contributed by atoms with Crippen LogP contribution in [0.1, 0.15) is 45.1 Å². The Hall–Kier alpha value is -1.93. The number of carbonyl (C=O) groups excluding carboxylic acids is 2. The van der Waals surface area contributed by atoms with E-state index in [-0.39, 0.29) is 4.90 Å². The maximum atomic E-state index is 12.3. The summed E-state index contributed by atoms with van der Waals surface area (Å²) in [6.07, 6.45) is 3.91. The van der Waals surface area contributed by atoms with Crippen molar-refractivity contribution in [3.8, 4) is 0 Å². The van der Waals surface area contributed by atoms with Gasteiger partial charge in [0.2, 0.25) is 15.9 Å². The molecule has 7 nitrogen and oxygen atoms in total. The highest BCUT2D eigenvalue weighted by Crippen LogP contribution is 2.11. The number of unbranched alkanes of at least 4 members (excludes halogenated alkanes) is 1. The van der Waals surface area contributed by atoms with Crippen molar-refractivity contribution in [2.45, 2.75) is 56.9 Å². The molecule has 0 aliphatic heterocycles. The van der Waals surface area contributed by atoms with E-state index in [0.717, 1.165) is 31.2 Å². The van der Waals surface area contributed by atoms with Gasteiger partial charge in [0.1, 0.15) is 6.04 Å². The van der Waals surface area contributed by atoms with Gasteiger partial charge in [-0.25, -0.2) is 17.9 Å². The van der Waals surface area contributed by atoms with Crippen LogP contribution >= 0.6 is 0 Å². The summed E-state index contributed by atoms with van der Waals surface area (Å²) < 4.78 is 31.5. The van der Waals surface area contributed by atoms with Crippen LogP contribution in [0.2, 0.25) is 0 Å². The van der Waals surface area contributed by atoms with E-state index in [1.165, 1.54) is 19.2 Å². The lowest BCUT2D eigenvalue weighted by Crippen LogP contribution is -2.45. The van der Waals surface area contributed by atoms with Crippen LogP contribution in [-0.4, -0.2) is 40.0 Å². The number of aryl methyl sites for hydroxylation is 1. The zero-order valence-electron chi connectivity index (χ0n) is 15.6. The molecule has 26 heavy (non-hydrogen) atoms. The molecule has 146 valence electrons. The number of methoxy groups -OCH3 is 1. The minimum absolute atomic E-state index is 0.0978. The Bertz CT molecular complexity index is 686. The summed E-state index contributed by atoms with van der Waals surface area (Å²) in [5.41, 5.74) is 1.06. The molecule has 0 radical (unpaired) electrons. The van der Waals surface area contributed by atoms with E-state index in [4.69, 9.17) is 0 Å². The number of carbonyl (C=O) groups is 2. The fraction of sp³-hybridized carbons (Fsp3) is 0.556. The van der Waals surface area contributed by atoms with Crippen LogP contribution in [0.15, 0.2) is 29.2 Å². The quantitative estimate of drug-likeness (QED) is 0.566. The number of sulfonamides is 1. The molecular weight excluding hydrogens is 356 g/mol. The van der Waals surface area contributed by atoms with E-state index in [9.17, 15) is 18.0 Å². The molecule has 0 bridgehead atoms. The number of benzene rings is 1. The Kier molecular flexibility index (Phi) is 9.29. The summed E-state index contributed by atoms with van der Waals surface area (Å²) in [5, 5.41) is 2.51. The van der Waals surface area contributed by atoms with Crippen molar-refractivity contribution in [1.82, 2.24) is 10.0 Å². The molecule has 1 amide bonds. The lowest BCUT2D eigenvalue weighted by Gasteiger charge is -2.16. The number of hydrogen-bond donors (Lipinski definition) is 2. The summed E-state index contributed by atoms with van der Waals surface area (Å²) in [6.45, 7) is 3.57. The van der Waals surface area contributed by atoms with Gasteiger partial charge in [-0.2, -0.15) is 0 Å². The van der Waals surface area contributed by atoms with Crippen LogP contribution < -0.4 is 10.0 Å². The van der Waals surface area contributed by atoms with Crippen LogP contribution in [0.25, 0.3) is 0 Å². The highest BCUT2D eigenvalue weighted by Gasteiger charge is 2.22. The first-order chi connectivity index (χ1) is 12.3. The molecule has 1 unspecified atom stereocenters. The number of hydrogen-bond acceptors (Lipinski definition) is 5. The minimum Gasteiger partial charge on any atom is -0.467 e. The molecule has 1 rings (SSSR count). The van der Waals surface area contributed by atoms with Crippen molar-refractivity contribution in [3.05, 3.63) is 29.8 Å². The van der Waals surface area contributed by atoms with Crippen molar-refractivity contribution in [2.24, 2.45) is 0 Å². The largest absolute Gasteiger partial charge is 0.467 e. The Balaban J connectivity index is 2.64. The molecule has 1 aromatic rings. The number of rotatable bonds is 11. The second-order valence-electron chi connectivity index (χ2n) is 6.00. The van der Waals surface area contributed by atoms with E-state index >= 15 is 0 Å². The van der Waals surface area contributed by atoms with Gasteiger partial charge in [0, 0.05) is 0 Å². The normalized spacial score (nSPS) is 12.4. The Labute approximate surface area is 155 Å². The van der Waals surface area contributed by atoms with Gasteiger partial charge >= 0.3 is 5.97 Å². The monoisotopic (exact) mass is 384 g/mol. The van der Waals surface area contributed by atoms with Gasteiger partial charge in [-0.15, -0.1) is 0 Å². The van der Waals surface area contributed by atoms with Gasteiger partial charge in [-0.05, 0) is 30.5 Å². The molecule has 0 spiro atoms. The molecule has 8 heteroatoms. The predicted molar refractivity (Wildman–Crippen MR) is 99.1 cm³/mol. The zero-order chi connectivity index (χ0) is 19.6. The summed E-state index contributed by atoms with van der Waals surface area (Å²) in [4.78, 5) is 23.8. The average Bonchev–Trinajstić information content (AvgIpc) is 2.63. The van der Waals surface area contributed by atoms with Crippen molar-refractivity contribution in [3.63, 3.8) is 0 Å². The minimum atomic E-state index is -3.79. The van der Waals surface area contributed by atoms with Crippen LogP contribution in [0, 0.1) is 0 Å². The van der Waals surface area contributed by atoms with Crippen LogP contribution in [0.4, 0.5) is 0 Å². The smallest absolute Gasteiger partial charge is 0.328 e. The highest BCUT2D eigenvalue weighted by molar-refractivity contribution is 7.89. The van der Waals surface area contributed by atoms with Crippen LogP contribution in [0.3, 0.4) is 0 Å². The molecule has 0 aliphatic carbocycles. The number of amides is 1. The molecule has 1 aromatic carbocycles. The first-order valence-electron chi connectivity index (χ1n) is 8.79. The van der Waals surface area contributed by atoms with Crippen LogP contribution in [-0.2, 0) is 30.8 Å². The van der Waals surface area contributed by atoms with Gasteiger partial charge in [0.05, 0.1) is 18.6 Å². The number of ether oxygens (including phenoxy) is 1. The Morgan fingerprint density at radius 3 is 2.31 bits per heavy atom. The first-order valence-corrected chi connectivity index (χ1v) is 10.3. The lowest BCUT2D eigenvalue weighted by atomic mass is 10.1. The second kappa shape index (κ2) is 10.9. The summed E-state index contributed by atoms with van der Waals surface area (Å²) in [6, 6.07) is 5.78. The highest BCUT2D eigenvalue weighted by atomic mass is 32.2. The molecule has 0 fully saturated rings. The molecule has 0 aromatic heterocycles. The fourth-order valence-corrected chi connectivity index (χ4v) is 3.39. The van der Waals surface area contributed by atoms with Crippen LogP contribution in [0.5, 0.6) is 0 Å². The van der Waals surface area contributed by atoms with Crippen molar-refractivity contribution in [2.75, 3.05) is 13.7 Å². The van der Waals surface area contributed by atoms with Gasteiger partial charge in [0.25, 0.3) is 0 Å². The Morgan fingerprint density at radius 1 is 1.12 bits per heavy atom. The molecule has 0 aliphatic rings. The van der Waals surface area contributed by atoms with Gasteiger partial charge in [0.15, 0.2) is 0 Å². The van der Waals surface area contributed by atoms with E-state index in [1.807, 2.05) is 13.8 Å². The molecule has 0 saturated carbocycles. The topological polar surface area (TPSA) is 102 Å². The third-order valence-corrected chi connectivity index (χ3v) is 5.28. The Morgan fingerprint density at radius 2 is 1.77 bits per heavy atom. The third kappa shape index (κ3) is 7.13. The number of nitrogens with one attached hydrogen (secondary N) is 2. The van der Waals surface area contributed by atoms with Crippen molar-refractivity contribution in [1.29, 1.82) is 0 Å². The lowest BCUT2D eigenvalue weighted by molar-refractivity contribution is -0.145. The van der Waals surface area contributed by atoms with Gasteiger partial charge in [-0.1, -0.05) is 45.2 Å². The molecule has 0 saturated heterocycles. The van der Waals surface area contributed by atoms with E-state index in [0.29, 0.717) is 6.42 Å². The van der Waals surface area contributed by atoms with Gasteiger partial charge < -0.3 is 10.1 Å². The van der Waals surface area contributed by atoms with E-state index in [1.54, 1.807) is 12.1 Å². The fourth-order valence-electron chi connectivity index (χ4n) is 2.41. The molecule has 2 N–H and O–H groups in total. The molecule has 0 heterocycles. The first kappa shape index (κ1) is 22.1. The maximum Gasteiger partial charge on any atom is 0.328 e. The standard InChI is InChI=1S/C18H28N2O5S/c1-4-6-8-16(18(22)25-3)20-17(21)13-19-26(23,24)15-11-9-14(7-5-2)10-12-15/h9-12,16,19H,4-8,13H2,1-3H3,(H,20,21). The van der Waals surface area contributed by atoms with E-state index < -0.39 is 34.5 Å². The summed E-state index contributed by atoms with van der Waals surface area (Å²) in [5.74, 6) is -1.12. The predicted octanol–water partition coefficient (Wildman–Crippen LogP) is 1.77. The number of esters is 1. The average molecular weight is 384 g/mol. The zero-order valence-corrected chi connectivity index (χ0v) is 16.4. The van der Waals surface area contributed by atoms with Gasteiger partial charge in [-0.3, -0.25) is 4.79 Å². The molecule has 1 atom stereocenters.